The van der Waals surface area contributed by atoms with Crippen LogP contribution in [0.15, 0.2) is 41.8 Å². The van der Waals surface area contributed by atoms with Crippen LogP contribution >= 0.6 is 11.3 Å². The molecule has 0 bridgehead atoms. The second-order valence-electron chi connectivity index (χ2n) is 5.35. The van der Waals surface area contributed by atoms with Crippen LogP contribution in [0.2, 0.25) is 0 Å². The topological polar surface area (TPSA) is 91.8 Å². The highest BCUT2D eigenvalue weighted by atomic mass is 32.1. The summed E-state index contributed by atoms with van der Waals surface area (Å²) in [6.45, 7) is 1.57. The zero-order valence-electron chi connectivity index (χ0n) is 13.0. The average Bonchev–Trinajstić information content (AvgIpc) is 3.25. The van der Waals surface area contributed by atoms with Crippen LogP contribution in [0.3, 0.4) is 0 Å². The normalized spacial score (nSPS) is 12.6. The van der Waals surface area contributed by atoms with E-state index in [4.69, 9.17) is 0 Å². The van der Waals surface area contributed by atoms with Crippen LogP contribution in [-0.2, 0) is 6.42 Å². The molecular formula is C17H16N4O2S. The standard InChI is InChI=1S/C17H16N4O2S/c1-11(22)14-5-2-12(3-6-14)8-15-9-13(10-24-15)4-7-16(23)17-18-20-21-19-17/h2-7,9-10,16,23H,8H2,1H3,(H,18,19,20,21). The molecule has 3 aromatic rings. The van der Waals surface area contributed by atoms with Crippen LogP contribution < -0.4 is 0 Å². The molecule has 0 aliphatic carbocycles. The van der Waals surface area contributed by atoms with Gasteiger partial charge in [-0.15, -0.1) is 21.5 Å². The van der Waals surface area contributed by atoms with Gasteiger partial charge in [-0.1, -0.05) is 35.6 Å². The number of aliphatic hydroxyl groups is 1. The molecule has 0 amide bonds. The summed E-state index contributed by atoms with van der Waals surface area (Å²) >= 11 is 1.65. The number of Topliss-reactive ketones (excluding diaryl/α,β-unsaturated/α-hetero) is 1. The quantitative estimate of drug-likeness (QED) is 0.673. The number of rotatable bonds is 6. The highest BCUT2D eigenvalue weighted by molar-refractivity contribution is 7.10. The van der Waals surface area contributed by atoms with E-state index in [0.29, 0.717) is 0 Å². The number of hydrogen-bond acceptors (Lipinski definition) is 6. The summed E-state index contributed by atoms with van der Waals surface area (Å²) in [4.78, 5) is 12.5. The maximum Gasteiger partial charge on any atom is 0.206 e. The van der Waals surface area contributed by atoms with E-state index >= 15 is 0 Å². The molecule has 3 rings (SSSR count). The molecule has 0 fully saturated rings. The number of nitrogens with zero attached hydrogens (tertiary/aromatic N) is 3. The fourth-order valence-corrected chi connectivity index (χ4v) is 3.11. The zero-order chi connectivity index (χ0) is 16.9. The van der Waals surface area contributed by atoms with E-state index in [2.05, 4.69) is 26.7 Å². The van der Waals surface area contributed by atoms with Gasteiger partial charge >= 0.3 is 0 Å². The molecule has 2 aromatic heterocycles. The smallest absolute Gasteiger partial charge is 0.206 e. The summed E-state index contributed by atoms with van der Waals surface area (Å²) in [5.41, 5.74) is 2.89. The number of nitrogens with one attached hydrogen (secondary N) is 1. The third-order valence-corrected chi connectivity index (χ3v) is 4.47. The van der Waals surface area contributed by atoms with E-state index in [1.54, 1.807) is 24.3 Å². The van der Waals surface area contributed by atoms with E-state index in [-0.39, 0.29) is 11.6 Å². The van der Waals surface area contributed by atoms with E-state index in [1.165, 1.54) is 4.88 Å². The summed E-state index contributed by atoms with van der Waals surface area (Å²) in [5.74, 6) is 0.317. The first kappa shape index (κ1) is 16.2. The molecule has 6 nitrogen and oxygen atoms in total. The Labute approximate surface area is 142 Å². The van der Waals surface area contributed by atoms with Crippen LogP contribution in [0, 0.1) is 0 Å². The van der Waals surface area contributed by atoms with Gasteiger partial charge in [0.05, 0.1) is 0 Å². The third-order valence-electron chi connectivity index (χ3n) is 3.51. The Hall–Kier alpha value is -2.64. The van der Waals surface area contributed by atoms with Gasteiger partial charge in [-0.3, -0.25) is 4.79 Å². The van der Waals surface area contributed by atoms with Crippen molar-refractivity contribution in [2.24, 2.45) is 0 Å². The number of hydrogen-bond donors (Lipinski definition) is 2. The average molecular weight is 340 g/mol. The molecule has 24 heavy (non-hydrogen) atoms. The summed E-state index contributed by atoms with van der Waals surface area (Å²) in [6.07, 6.45) is 3.38. The molecule has 0 saturated heterocycles. The Kier molecular flexibility index (Phi) is 4.93. The number of aromatic nitrogens is 4. The minimum atomic E-state index is -0.883. The molecule has 0 saturated carbocycles. The van der Waals surface area contributed by atoms with Crippen molar-refractivity contribution in [3.8, 4) is 0 Å². The Morgan fingerprint density at radius 1 is 1.38 bits per heavy atom. The number of H-pyrrole nitrogens is 1. The first-order valence-corrected chi connectivity index (χ1v) is 8.26. The van der Waals surface area contributed by atoms with Crippen molar-refractivity contribution in [1.29, 1.82) is 0 Å². The number of benzene rings is 1. The van der Waals surface area contributed by atoms with Crippen LogP contribution in [0.25, 0.3) is 6.08 Å². The van der Waals surface area contributed by atoms with Crippen molar-refractivity contribution < 1.29 is 9.90 Å². The van der Waals surface area contributed by atoms with Crippen molar-refractivity contribution in [2.75, 3.05) is 0 Å². The zero-order valence-corrected chi connectivity index (χ0v) is 13.8. The predicted octanol–water partition coefficient (Wildman–Crippen LogP) is 2.80. The van der Waals surface area contributed by atoms with Crippen LogP contribution in [0.1, 0.15) is 45.2 Å². The molecular weight excluding hydrogens is 324 g/mol. The Morgan fingerprint density at radius 2 is 2.17 bits per heavy atom. The highest BCUT2D eigenvalue weighted by Crippen LogP contribution is 2.21. The summed E-state index contributed by atoms with van der Waals surface area (Å²) in [7, 11) is 0. The lowest BCUT2D eigenvalue weighted by molar-refractivity contribution is 0.101. The maximum atomic E-state index is 11.3. The fourth-order valence-electron chi connectivity index (χ4n) is 2.22. The highest BCUT2D eigenvalue weighted by Gasteiger charge is 2.08. The molecule has 2 heterocycles. The number of thiophene rings is 1. The van der Waals surface area contributed by atoms with Gasteiger partial charge in [-0.2, -0.15) is 5.21 Å². The van der Waals surface area contributed by atoms with Gasteiger partial charge in [0.25, 0.3) is 0 Å². The van der Waals surface area contributed by atoms with Crippen LogP contribution in [0.5, 0.6) is 0 Å². The van der Waals surface area contributed by atoms with E-state index < -0.39 is 6.10 Å². The Morgan fingerprint density at radius 3 is 2.83 bits per heavy atom. The van der Waals surface area contributed by atoms with Gasteiger partial charge < -0.3 is 5.11 Å². The second-order valence-corrected chi connectivity index (χ2v) is 6.35. The van der Waals surface area contributed by atoms with Gasteiger partial charge in [0.2, 0.25) is 5.82 Å². The lowest BCUT2D eigenvalue weighted by Gasteiger charge is -2.00. The molecule has 0 radical (unpaired) electrons. The van der Waals surface area contributed by atoms with Crippen molar-refractivity contribution in [1.82, 2.24) is 20.6 Å². The van der Waals surface area contributed by atoms with Crippen molar-refractivity contribution in [2.45, 2.75) is 19.4 Å². The number of aromatic amines is 1. The monoisotopic (exact) mass is 340 g/mol. The van der Waals surface area contributed by atoms with E-state index in [1.807, 2.05) is 35.7 Å². The lowest BCUT2D eigenvalue weighted by atomic mass is 10.1. The lowest BCUT2D eigenvalue weighted by Crippen LogP contribution is -1.95. The molecule has 0 aliphatic rings. The first-order valence-electron chi connectivity index (χ1n) is 7.39. The molecule has 1 aromatic carbocycles. The number of ketones is 1. The molecule has 1 unspecified atom stereocenters. The Balaban J connectivity index is 1.64. The predicted molar refractivity (Wildman–Crippen MR) is 91.7 cm³/mol. The number of aliphatic hydroxyl groups excluding tert-OH is 1. The van der Waals surface area contributed by atoms with Gasteiger partial charge in [0, 0.05) is 16.9 Å². The van der Waals surface area contributed by atoms with Gasteiger partial charge in [0.1, 0.15) is 6.10 Å². The summed E-state index contributed by atoms with van der Waals surface area (Å²) in [6, 6.07) is 9.74. The number of tetrazole rings is 1. The first-order chi connectivity index (χ1) is 11.6. The Bertz CT molecular complexity index is 838. The number of carbonyl (C=O) groups is 1. The maximum absolute atomic E-state index is 11.3. The van der Waals surface area contributed by atoms with Crippen molar-refractivity contribution in [3.05, 3.63) is 69.2 Å². The van der Waals surface area contributed by atoms with Crippen LogP contribution in [-0.4, -0.2) is 31.5 Å². The number of carbonyl (C=O) groups excluding carboxylic acids is 1. The fraction of sp³-hybridized carbons (Fsp3) is 0.176. The van der Waals surface area contributed by atoms with E-state index in [9.17, 15) is 9.90 Å². The SMILES string of the molecule is CC(=O)c1ccc(Cc2cc(C=CC(O)c3nn[nH]n3)cs2)cc1. The summed E-state index contributed by atoms with van der Waals surface area (Å²) in [5, 5.41) is 25.1. The van der Waals surface area contributed by atoms with Crippen molar-refractivity contribution in [3.63, 3.8) is 0 Å². The van der Waals surface area contributed by atoms with Crippen LogP contribution in [0.4, 0.5) is 0 Å². The molecule has 0 spiro atoms. The van der Waals surface area contributed by atoms with Gasteiger partial charge in [-0.05, 0) is 35.6 Å². The molecule has 7 heteroatoms. The minimum Gasteiger partial charge on any atom is -0.381 e. The summed E-state index contributed by atoms with van der Waals surface area (Å²) < 4.78 is 0. The minimum absolute atomic E-state index is 0.0743. The molecule has 0 aliphatic heterocycles. The molecule has 1 atom stereocenters. The van der Waals surface area contributed by atoms with Gasteiger partial charge in [0.15, 0.2) is 5.78 Å². The van der Waals surface area contributed by atoms with Gasteiger partial charge in [-0.25, -0.2) is 0 Å². The largest absolute Gasteiger partial charge is 0.381 e. The van der Waals surface area contributed by atoms with Crippen molar-refractivity contribution >= 4 is 23.2 Å². The van der Waals surface area contributed by atoms with E-state index in [0.717, 1.165) is 23.1 Å². The third kappa shape index (κ3) is 4.01. The second kappa shape index (κ2) is 7.29. The molecule has 2 N–H and O–H groups in total. The molecule has 122 valence electrons.